The third kappa shape index (κ3) is 4.89. The molecule has 0 aliphatic heterocycles. The fourth-order valence-corrected chi connectivity index (χ4v) is 2.59. The van der Waals surface area contributed by atoms with Crippen LogP contribution in [0.1, 0.15) is 61.6 Å². The number of aromatic nitrogens is 1. The zero-order valence-corrected chi connectivity index (χ0v) is 14.5. The van der Waals surface area contributed by atoms with Crippen LogP contribution in [0, 0.1) is 0 Å². The van der Waals surface area contributed by atoms with E-state index in [2.05, 4.69) is 0 Å². The maximum atomic E-state index is 12.1. The number of esters is 2. The number of anilines is 1. The van der Waals surface area contributed by atoms with Crippen molar-refractivity contribution in [1.29, 1.82) is 0 Å². The molecule has 0 amide bonds. The van der Waals surface area contributed by atoms with Gasteiger partial charge in [0.25, 0.3) is 0 Å². The van der Waals surface area contributed by atoms with Crippen molar-refractivity contribution in [3.8, 4) is 0 Å². The molecule has 23 heavy (non-hydrogen) atoms. The van der Waals surface area contributed by atoms with Crippen molar-refractivity contribution in [1.82, 2.24) is 4.57 Å². The highest BCUT2D eigenvalue weighted by Crippen LogP contribution is 2.42. The van der Waals surface area contributed by atoms with Gasteiger partial charge in [-0.2, -0.15) is 0 Å². The zero-order chi connectivity index (χ0) is 16.1. The molecule has 0 atom stereocenters. The van der Waals surface area contributed by atoms with E-state index in [1.165, 1.54) is 0 Å². The lowest BCUT2D eigenvalue weighted by atomic mass is 10.2. The van der Waals surface area contributed by atoms with E-state index in [4.69, 9.17) is 15.2 Å². The number of hydrogen-bond donors (Lipinski definition) is 1. The van der Waals surface area contributed by atoms with Crippen LogP contribution in [0.2, 0.25) is 0 Å². The fourth-order valence-electron chi connectivity index (χ4n) is 2.59. The molecule has 130 valence electrons. The Morgan fingerprint density at radius 2 is 1.91 bits per heavy atom. The highest BCUT2D eigenvalue weighted by molar-refractivity contribution is 5.94. The van der Waals surface area contributed by atoms with Crippen LogP contribution >= 0.6 is 12.4 Å². The second kappa shape index (κ2) is 8.82. The number of carbonyl (C=O) groups is 2. The monoisotopic (exact) mass is 344 g/mol. The van der Waals surface area contributed by atoms with Crippen molar-refractivity contribution >= 4 is 30.0 Å². The molecule has 2 N–H and O–H groups in total. The number of rotatable bonds is 8. The summed E-state index contributed by atoms with van der Waals surface area (Å²) in [5.41, 5.74) is 7.94. The number of nitrogen functional groups attached to an aromatic ring is 1. The third-order valence-electron chi connectivity index (χ3n) is 3.69. The van der Waals surface area contributed by atoms with Gasteiger partial charge in [0.15, 0.2) is 5.69 Å². The predicted molar refractivity (Wildman–Crippen MR) is 89.9 cm³/mol. The summed E-state index contributed by atoms with van der Waals surface area (Å²) in [6.07, 6.45) is 3.17. The summed E-state index contributed by atoms with van der Waals surface area (Å²) < 4.78 is 11.9. The van der Waals surface area contributed by atoms with E-state index in [0.717, 1.165) is 18.5 Å². The number of carbonyl (C=O) groups excluding carboxylic acids is 2. The van der Waals surface area contributed by atoms with Crippen molar-refractivity contribution in [2.24, 2.45) is 0 Å². The standard InChI is InChI=1S/C16H24N2O4.ClH/c1-3-21-14(19)6-5-9-18-13(11-7-8-11)10-12(17)15(18)16(20)22-4-2;/h10-11H,3-9,17H2,1-2H3;1H. The van der Waals surface area contributed by atoms with E-state index >= 15 is 0 Å². The quantitative estimate of drug-likeness (QED) is 0.733. The van der Waals surface area contributed by atoms with Crippen molar-refractivity contribution < 1.29 is 19.1 Å². The van der Waals surface area contributed by atoms with Crippen LogP contribution in [-0.4, -0.2) is 29.7 Å². The molecule has 0 aromatic carbocycles. The van der Waals surface area contributed by atoms with Gasteiger partial charge in [-0.1, -0.05) is 0 Å². The minimum atomic E-state index is -0.400. The number of ether oxygens (including phenoxy) is 2. The lowest BCUT2D eigenvalue weighted by Crippen LogP contribution is -2.16. The van der Waals surface area contributed by atoms with Crippen LogP contribution in [0.5, 0.6) is 0 Å². The molecule has 0 saturated heterocycles. The third-order valence-corrected chi connectivity index (χ3v) is 3.69. The predicted octanol–water partition coefficient (Wildman–Crippen LogP) is 2.89. The largest absolute Gasteiger partial charge is 0.466 e. The molecule has 1 aliphatic rings. The Balaban J connectivity index is 0.00000264. The molecule has 1 aliphatic carbocycles. The minimum Gasteiger partial charge on any atom is -0.466 e. The van der Waals surface area contributed by atoms with Gasteiger partial charge in [-0.25, -0.2) is 4.79 Å². The van der Waals surface area contributed by atoms with Crippen LogP contribution in [0.15, 0.2) is 6.07 Å². The Hall–Kier alpha value is -1.69. The van der Waals surface area contributed by atoms with Crippen LogP contribution in [0.4, 0.5) is 5.69 Å². The molecule has 1 heterocycles. The summed E-state index contributed by atoms with van der Waals surface area (Å²) in [7, 11) is 0. The first-order chi connectivity index (χ1) is 10.6. The Bertz CT molecular complexity index is 553. The van der Waals surface area contributed by atoms with Crippen molar-refractivity contribution in [3.05, 3.63) is 17.5 Å². The highest BCUT2D eigenvalue weighted by atomic mass is 35.5. The Morgan fingerprint density at radius 1 is 1.26 bits per heavy atom. The number of halogens is 1. The molecule has 0 spiro atoms. The molecule has 1 aromatic heterocycles. The zero-order valence-electron chi connectivity index (χ0n) is 13.7. The van der Waals surface area contributed by atoms with Crippen LogP contribution < -0.4 is 5.73 Å². The lowest BCUT2D eigenvalue weighted by Gasteiger charge is -2.12. The molecular weight excluding hydrogens is 320 g/mol. The summed E-state index contributed by atoms with van der Waals surface area (Å²) in [4.78, 5) is 23.6. The van der Waals surface area contributed by atoms with Crippen LogP contribution in [0.25, 0.3) is 0 Å². The molecule has 0 unspecified atom stereocenters. The number of nitrogens with two attached hydrogens (primary N) is 1. The highest BCUT2D eigenvalue weighted by Gasteiger charge is 2.31. The van der Waals surface area contributed by atoms with Gasteiger partial charge in [-0.05, 0) is 45.1 Å². The molecule has 1 fully saturated rings. The second-order valence-corrected chi connectivity index (χ2v) is 5.43. The van der Waals surface area contributed by atoms with Gasteiger partial charge in [0.05, 0.1) is 18.9 Å². The Morgan fingerprint density at radius 3 is 2.48 bits per heavy atom. The smallest absolute Gasteiger partial charge is 0.357 e. The fraction of sp³-hybridized carbons (Fsp3) is 0.625. The summed E-state index contributed by atoms with van der Waals surface area (Å²) in [6.45, 7) is 4.82. The number of nitrogens with zero attached hydrogens (tertiary/aromatic N) is 1. The molecule has 2 rings (SSSR count). The van der Waals surface area contributed by atoms with E-state index in [0.29, 0.717) is 49.9 Å². The summed E-state index contributed by atoms with van der Waals surface area (Å²) in [5.74, 6) is -0.149. The second-order valence-electron chi connectivity index (χ2n) is 5.43. The molecule has 1 saturated carbocycles. The first kappa shape index (κ1) is 19.4. The average Bonchev–Trinajstić information content (AvgIpc) is 3.24. The van der Waals surface area contributed by atoms with Gasteiger partial charge in [0.2, 0.25) is 0 Å². The number of hydrogen-bond acceptors (Lipinski definition) is 5. The van der Waals surface area contributed by atoms with Gasteiger partial charge in [-0.15, -0.1) is 12.4 Å². The molecule has 6 nitrogen and oxygen atoms in total. The van der Waals surface area contributed by atoms with Gasteiger partial charge in [0, 0.05) is 18.7 Å². The summed E-state index contributed by atoms with van der Waals surface area (Å²) in [5, 5.41) is 0. The van der Waals surface area contributed by atoms with Crippen molar-refractivity contribution in [2.45, 2.75) is 52.0 Å². The SMILES string of the molecule is CCOC(=O)CCCn1c(C2CC2)cc(N)c1C(=O)OCC.Cl. The average molecular weight is 345 g/mol. The van der Waals surface area contributed by atoms with E-state index in [-0.39, 0.29) is 18.4 Å². The molecular formula is C16H25ClN2O4. The van der Waals surface area contributed by atoms with Gasteiger partial charge in [-0.3, -0.25) is 4.79 Å². The van der Waals surface area contributed by atoms with E-state index < -0.39 is 5.97 Å². The summed E-state index contributed by atoms with van der Waals surface area (Å²) in [6, 6.07) is 1.87. The van der Waals surface area contributed by atoms with Crippen LogP contribution in [0.3, 0.4) is 0 Å². The Labute approximate surface area is 142 Å². The van der Waals surface area contributed by atoms with Gasteiger partial charge < -0.3 is 19.8 Å². The molecule has 0 radical (unpaired) electrons. The first-order valence-electron chi connectivity index (χ1n) is 7.90. The summed E-state index contributed by atoms with van der Waals surface area (Å²) >= 11 is 0. The molecule has 7 heteroatoms. The maximum Gasteiger partial charge on any atom is 0.357 e. The normalized spacial score (nSPS) is 13.3. The lowest BCUT2D eigenvalue weighted by molar-refractivity contribution is -0.143. The van der Waals surface area contributed by atoms with E-state index in [1.54, 1.807) is 13.8 Å². The van der Waals surface area contributed by atoms with Crippen molar-refractivity contribution in [3.63, 3.8) is 0 Å². The van der Waals surface area contributed by atoms with E-state index in [1.807, 2.05) is 10.6 Å². The van der Waals surface area contributed by atoms with Crippen LogP contribution in [-0.2, 0) is 20.8 Å². The minimum absolute atomic E-state index is 0. The topological polar surface area (TPSA) is 83.5 Å². The van der Waals surface area contributed by atoms with Gasteiger partial charge in [0.1, 0.15) is 0 Å². The van der Waals surface area contributed by atoms with E-state index in [9.17, 15) is 9.59 Å². The molecule has 0 bridgehead atoms. The first-order valence-corrected chi connectivity index (χ1v) is 7.90. The van der Waals surface area contributed by atoms with Crippen molar-refractivity contribution in [2.75, 3.05) is 18.9 Å². The molecule has 1 aromatic rings. The maximum absolute atomic E-state index is 12.1. The van der Waals surface area contributed by atoms with Gasteiger partial charge >= 0.3 is 11.9 Å². The Kier molecular flexibility index (Phi) is 7.42.